The van der Waals surface area contributed by atoms with Crippen LogP contribution in [0.25, 0.3) is 0 Å². The molecule has 2 aromatic heterocycles. The minimum atomic E-state index is 0.0873. The van der Waals surface area contributed by atoms with Gasteiger partial charge in [-0.2, -0.15) is 5.10 Å². The number of aromatic nitrogens is 5. The van der Waals surface area contributed by atoms with E-state index in [9.17, 15) is 0 Å². The molecule has 0 aliphatic heterocycles. The molecule has 0 bridgehead atoms. The molecule has 0 amide bonds. The number of nitrogens with zero attached hydrogens (tertiary/aromatic N) is 5. The van der Waals surface area contributed by atoms with Gasteiger partial charge >= 0.3 is 0 Å². The van der Waals surface area contributed by atoms with E-state index in [2.05, 4.69) is 59.2 Å². The minimum absolute atomic E-state index is 0.0873. The van der Waals surface area contributed by atoms with E-state index >= 15 is 0 Å². The molecule has 6 heteroatoms. The van der Waals surface area contributed by atoms with Gasteiger partial charge in [0.25, 0.3) is 0 Å². The molecule has 0 saturated carbocycles. The number of hydrogen-bond donors (Lipinski definition) is 1. The number of rotatable bonds is 8. The second-order valence-corrected chi connectivity index (χ2v) is 5.10. The van der Waals surface area contributed by atoms with Crippen molar-refractivity contribution in [2.75, 3.05) is 6.54 Å². The highest BCUT2D eigenvalue weighted by Crippen LogP contribution is 2.23. The van der Waals surface area contributed by atoms with Crippen LogP contribution in [0.5, 0.6) is 0 Å². The Kier molecular flexibility index (Phi) is 5.50. The van der Waals surface area contributed by atoms with Crippen molar-refractivity contribution in [2.45, 2.75) is 59.7 Å². The Hall–Kier alpha value is -1.69. The standard InChI is InChI=1S/C15H26N6/c1-5-9-21-14(11-17-19-21)15(16-7-3)13-10-12(6-2)18-20(13)8-4/h10-11,15-16H,5-9H2,1-4H3. The number of nitrogens with one attached hydrogen (secondary N) is 1. The van der Waals surface area contributed by atoms with Crippen molar-refractivity contribution in [1.29, 1.82) is 0 Å². The summed E-state index contributed by atoms with van der Waals surface area (Å²) in [4.78, 5) is 0. The van der Waals surface area contributed by atoms with Crippen LogP contribution >= 0.6 is 0 Å². The van der Waals surface area contributed by atoms with Crippen molar-refractivity contribution in [3.63, 3.8) is 0 Å². The second kappa shape index (κ2) is 7.36. The molecule has 1 N–H and O–H groups in total. The van der Waals surface area contributed by atoms with Gasteiger partial charge in [-0.05, 0) is 32.4 Å². The molecule has 2 aromatic rings. The van der Waals surface area contributed by atoms with Gasteiger partial charge < -0.3 is 5.32 Å². The zero-order valence-electron chi connectivity index (χ0n) is 13.5. The summed E-state index contributed by atoms with van der Waals surface area (Å²) in [5.74, 6) is 0. The van der Waals surface area contributed by atoms with E-state index in [1.807, 2.05) is 10.9 Å². The Morgan fingerprint density at radius 3 is 2.57 bits per heavy atom. The molecule has 2 rings (SSSR count). The zero-order valence-corrected chi connectivity index (χ0v) is 13.5. The van der Waals surface area contributed by atoms with Crippen molar-refractivity contribution in [2.24, 2.45) is 0 Å². The van der Waals surface area contributed by atoms with Gasteiger partial charge in [0, 0.05) is 13.1 Å². The topological polar surface area (TPSA) is 60.6 Å². The van der Waals surface area contributed by atoms with Gasteiger partial charge in [-0.1, -0.05) is 26.0 Å². The van der Waals surface area contributed by atoms with Crippen LogP contribution < -0.4 is 5.32 Å². The average Bonchev–Trinajstić information content (AvgIpc) is 3.11. The fraction of sp³-hybridized carbons (Fsp3) is 0.667. The first-order chi connectivity index (χ1) is 10.2. The number of hydrogen-bond acceptors (Lipinski definition) is 4. The summed E-state index contributed by atoms with van der Waals surface area (Å²) < 4.78 is 4.07. The van der Waals surface area contributed by atoms with Crippen molar-refractivity contribution in [1.82, 2.24) is 30.1 Å². The molecule has 0 radical (unpaired) electrons. The van der Waals surface area contributed by atoms with Gasteiger partial charge in [-0.15, -0.1) is 5.10 Å². The van der Waals surface area contributed by atoms with Gasteiger partial charge in [0.15, 0.2) is 0 Å². The summed E-state index contributed by atoms with van der Waals surface area (Å²) in [5, 5.41) is 16.5. The predicted octanol–water partition coefficient (Wildman–Crippen LogP) is 2.17. The Morgan fingerprint density at radius 1 is 1.14 bits per heavy atom. The highest BCUT2D eigenvalue weighted by atomic mass is 15.4. The Bertz CT molecular complexity index is 556. The molecule has 0 aromatic carbocycles. The lowest BCUT2D eigenvalue weighted by Crippen LogP contribution is -2.27. The lowest BCUT2D eigenvalue weighted by Gasteiger charge is -2.19. The molecule has 1 unspecified atom stereocenters. The van der Waals surface area contributed by atoms with Gasteiger partial charge in [-0.25, -0.2) is 4.68 Å². The van der Waals surface area contributed by atoms with Crippen molar-refractivity contribution >= 4 is 0 Å². The fourth-order valence-electron chi connectivity index (χ4n) is 2.58. The molecule has 0 aliphatic rings. The lowest BCUT2D eigenvalue weighted by atomic mass is 10.1. The summed E-state index contributed by atoms with van der Waals surface area (Å²) in [6.07, 6.45) is 3.86. The first-order valence-electron chi connectivity index (χ1n) is 7.93. The average molecular weight is 290 g/mol. The van der Waals surface area contributed by atoms with E-state index in [1.165, 1.54) is 5.69 Å². The monoisotopic (exact) mass is 290 g/mol. The molecule has 0 fully saturated rings. The summed E-state index contributed by atoms with van der Waals surface area (Å²) >= 11 is 0. The maximum absolute atomic E-state index is 4.66. The maximum Gasteiger partial charge on any atom is 0.0935 e. The van der Waals surface area contributed by atoms with Crippen molar-refractivity contribution in [3.8, 4) is 0 Å². The molecule has 6 nitrogen and oxygen atoms in total. The van der Waals surface area contributed by atoms with Crippen LogP contribution in [0, 0.1) is 0 Å². The largest absolute Gasteiger partial charge is 0.304 e. The third-order valence-electron chi connectivity index (χ3n) is 3.61. The molecule has 1 atom stereocenters. The van der Waals surface area contributed by atoms with Crippen LogP contribution in [0.2, 0.25) is 0 Å². The summed E-state index contributed by atoms with van der Waals surface area (Å²) in [6.45, 7) is 11.2. The molecule has 0 aliphatic carbocycles. The van der Waals surface area contributed by atoms with Crippen molar-refractivity contribution in [3.05, 3.63) is 29.3 Å². The fourth-order valence-corrected chi connectivity index (χ4v) is 2.58. The molecule has 116 valence electrons. The van der Waals surface area contributed by atoms with Gasteiger partial charge in [0.2, 0.25) is 0 Å². The first-order valence-corrected chi connectivity index (χ1v) is 7.93. The quantitative estimate of drug-likeness (QED) is 0.809. The molecule has 2 heterocycles. The van der Waals surface area contributed by atoms with Crippen LogP contribution in [0.4, 0.5) is 0 Å². The van der Waals surface area contributed by atoms with Crippen LogP contribution in [0.15, 0.2) is 12.3 Å². The SMILES string of the molecule is CCCn1nncc1C(NCC)c1cc(CC)nn1CC. The third kappa shape index (κ3) is 3.32. The summed E-state index contributed by atoms with van der Waals surface area (Å²) in [6, 6.07) is 2.28. The summed E-state index contributed by atoms with van der Waals surface area (Å²) in [7, 11) is 0. The Labute approximate surface area is 126 Å². The third-order valence-corrected chi connectivity index (χ3v) is 3.61. The van der Waals surface area contributed by atoms with E-state index in [-0.39, 0.29) is 6.04 Å². The van der Waals surface area contributed by atoms with Crippen LogP contribution in [-0.4, -0.2) is 31.3 Å². The normalized spacial score (nSPS) is 12.8. The first kappa shape index (κ1) is 15.7. The van der Waals surface area contributed by atoms with Gasteiger partial charge in [0.1, 0.15) is 0 Å². The lowest BCUT2D eigenvalue weighted by molar-refractivity contribution is 0.484. The summed E-state index contributed by atoms with van der Waals surface area (Å²) in [5.41, 5.74) is 3.43. The molecular weight excluding hydrogens is 264 g/mol. The van der Waals surface area contributed by atoms with E-state index in [4.69, 9.17) is 0 Å². The van der Waals surface area contributed by atoms with Crippen LogP contribution in [0.3, 0.4) is 0 Å². The highest BCUT2D eigenvalue weighted by molar-refractivity contribution is 5.23. The van der Waals surface area contributed by atoms with Crippen LogP contribution in [0.1, 0.15) is 57.2 Å². The van der Waals surface area contributed by atoms with Crippen molar-refractivity contribution < 1.29 is 0 Å². The smallest absolute Gasteiger partial charge is 0.0935 e. The Balaban J connectivity index is 2.42. The molecular formula is C15H26N6. The van der Waals surface area contributed by atoms with Gasteiger partial charge in [-0.3, -0.25) is 4.68 Å². The van der Waals surface area contributed by atoms with E-state index in [1.54, 1.807) is 0 Å². The van der Waals surface area contributed by atoms with E-state index in [0.29, 0.717) is 0 Å². The minimum Gasteiger partial charge on any atom is -0.304 e. The van der Waals surface area contributed by atoms with Crippen LogP contribution in [-0.2, 0) is 19.5 Å². The van der Waals surface area contributed by atoms with E-state index in [0.717, 1.165) is 43.9 Å². The molecule has 21 heavy (non-hydrogen) atoms. The number of aryl methyl sites for hydroxylation is 3. The predicted molar refractivity (Wildman–Crippen MR) is 83.1 cm³/mol. The Morgan fingerprint density at radius 2 is 1.95 bits per heavy atom. The highest BCUT2D eigenvalue weighted by Gasteiger charge is 2.22. The molecule has 0 spiro atoms. The van der Waals surface area contributed by atoms with Gasteiger partial charge in [0.05, 0.1) is 29.3 Å². The molecule has 0 saturated heterocycles. The zero-order chi connectivity index (χ0) is 15.2. The van der Waals surface area contributed by atoms with E-state index < -0.39 is 0 Å². The second-order valence-electron chi connectivity index (χ2n) is 5.10. The maximum atomic E-state index is 4.66.